The molecule has 2 N–H and O–H groups in total. The van der Waals surface area contributed by atoms with E-state index in [0.29, 0.717) is 43.2 Å². The van der Waals surface area contributed by atoms with Crippen LogP contribution in [0.1, 0.15) is 24.8 Å². The summed E-state index contributed by atoms with van der Waals surface area (Å²) in [5.41, 5.74) is 0.327. The molecule has 29 heavy (non-hydrogen) atoms. The zero-order chi connectivity index (χ0) is 20.5. The number of ether oxygens (including phenoxy) is 1. The van der Waals surface area contributed by atoms with Gasteiger partial charge in [0.05, 0.1) is 12.1 Å². The van der Waals surface area contributed by atoms with Gasteiger partial charge in [0.25, 0.3) is 0 Å². The number of benzene rings is 2. The van der Waals surface area contributed by atoms with Crippen LogP contribution in [0, 0.1) is 0 Å². The summed E-state index contributed by atoms with van der Waals surface area (Å²) in [6.45, 7) is 2.69. The van der Waals surface area contributed by atoms with Crippen molar-refractivity contribution in [3.63, 3.8) is 0 Å². The average Bonchev–Trinajstić information content (AvgIpc) is 2.89. The van der Waals surface area contributed by atoms with Crippen molar-refractivity contribution in [2.75, 3.05) is 32.8 Å². The Hall–Kier alpha value is -2.08. The Morgan fingerprint density at radius 1 is 1.14 bits per heavy atom. The molecule has 5 nitrogen and oxygen atoms in total. The van der Waals surface area contributed by atoms with E-state index in [9.17, 15) is 9.90 Å². The molecule has 1 heterocycles. The predicted molar refractivity (Wildman–Crippen MR) is 115 cm³/mol. The summed E-state index contributed by atoms with van der Waals surface area (Å²) in [6.07, 6.45) is 2.88. The number of aliphatic hydroxyl groups is 1. The number of amides is 1. The molecule has 0 radical (unpaired) electrons. The highest BCUT2D eigenvalue weighted by molar-refractivity contribution is 6.30. The van der Waals surface area contributed by atoms with Gasteiger partial charge in [-0.05, 0) is 56.0 Å². The number of likely N-dealkylation sites (tertiary alicyclic amines) is 1. The molecule has 1 atom stereocenters. The second-order valence-corrected chi connectivity index (χ2v) is 8.12. The van der Waals surface area contributed by atoms with Crippen molar-refractivity contribution in [3.8, 4) is 5.75 Å². The van der Waals surface area contributed by atoms with Crippen LogP contribution in [0.4, 0.5) is 0 Å². The minimum atomic E-state index is -0.888. The van der Waals surface area contributed by atoms with Crippen LogP contribution in [0.3, 0.4) is 0 Å². The van der Waals surface area contributed by atoms with Gasteiger partial charge in [-0.2, -0.15) is 0 Å². The van der Waals surface area contributed by atoms with Crippen molar-refractivity contribution in [1.29, 1.82) is 0 Å². The van der Waals surface area contributed by atoms with E-state index in [0.717, 1.165) is 19.4 Å². The molecular formula is C23H29ClN2O3. The molecule has 0 bridgehead atoms. The molecule has 1 unspecified atom stereocenters. The minimum absolute atomic E-state index is 0.0292. The second kappa shape index (κ2) is 10.6. The topological polar surface area (TPSA) is 61.8 Å². The molecule has 0 aromatic heterocycles. The van der Waals surface area contributed by atoms with E-state index in [1.54, 1.807) is 12.1 Å². The lowest BCUT2D eigenvalue weighted by Crippen LogP contribution is -2.40. The van der Waals surface area contributed by atoms with E-state index in [2.05, 4.69) is 22.3 Å². The molecular weight excluding hydrogens is 388 g/mol. The van der Waals surface area contributed by atoms with Crippen molar-refractivity contribution >= 4 is 17.5 Å². The van der Waals surface area contributed by atoms with Gasteiger partial charge in [-0.3, -0.25) is 9.69 Å². The summed E-state index contributed by atoms with van der Waals surface area (Å²) in [7, 11) is 0. The fourth-order valence-electron chi connectivity index (χ4n) is 3.56. The van der Waals surface area contributed by atoms with Crippen LogP contribution in [0.25, 0.3) is 0 Å². The zero-order valence-electron chi connectivity index (χ0n) is 16.6. The molecule has 2 aromatic carbocycles. The normalized spacial score (nSPS) is 20.1. The van der Waals surface area contributed by atoms with E-state index < -0.39 is 5.60 Å². The first kappa shape index (κ1) is 21.6. The molecule has 0 saturated carbocycles. The van der Waals surface area contributed by atoms with Crippen molar-refractivity contribution < 1.29 is 14.6 Å². The van der Waals surface area contributed by atoms with Gasteiger partial charge in [0.15, 0.2) is 0 Å². The summed E-state index contributed by atoms with van der Waals surface area (Å²) in [5, 5.41) is 14.5. The standard InChI is InChI=1S/C23H29ClN2O3/c24-20-8-4-9-21(16-20)29-18-23(28)11-5-14-26(15-12-23)17-22(27)25-13-10-19-6-2-1-3-7-19/h1-4,6-9,16,28H,5,10-15,17-18H2,(H,25,27). The van der Waals surface area contributed by atoms with E-state index in [4.69, 9.17) is 16.3 Å². The highest BCUT2D eigenvalue weighted by Gasteiger charge is 2.31. The van der Waals surface area contributed by atoms with Gasteiger partial charge in [0.1, 0.15) is 12.4 Å². The Morgan fingerprint density at radius 2 is 1.97 bits per heavy atom. The average molecular weight is 417 g/mol. The monoisotopic (exact) mass is 416 g/mol. The molecule has 1 amide bonds. The lowest BCUT2D eigenvalue weighted by atomic mass is 9.96. The number of carbonyl (C=O) groups excluding carboxylic acids is 1. The number of rotatable bonds is 8. The van der Waals surface area contributed by atoms with Crippen molar-refractivity contribution in [1.82, 2.24) is 10.2 Å². The third-order valence-electron chi connectivity index (χ3n) is 5.26. The third-order valence-corrected chi connectivity index (χ3v) is 5.49. The van der Waals surface area contributed by atoms with Crippen LogP contribution in [-0.2, 0) is 11.2 Å². The Labute approximate surface area is 177 Å². The highest BCUT2D eigenvalue weighted by Crippen LogP contribution is 2.25. The first-order valence-corrected chi connectivity index (χ1v) is 10.5. The minimum Gasteiger partial charge on any atom is -0.491 e. The van der Waals surface area contributed by atoms with Crippen LogP contribution in [0.2, 0.25) is 5.02 Å². The van der Waals surface area contributed by atoms with Crippen molar-refractivity contribution in [2.45, 2.75) is 31.3 Å². The number of halogens is 1. The smallest absolute Gasteiger partial charge is 0.234 e. The zero-order valence-corrected chi connectivity index (χ0v) is 17.4. The first-order valence-electron chi connectivity index (χ1n) is 10.2. The van der Waals surface area contributed by atoms with Crippen molar-refractivity contribution in [3.05, 3.63) is 65.2 Å². The molecule has 6 heteroatoms. The molecule has 1 fully saturated rings. The summed E-state index contributed by atoms with van der Waals surface area (Å²) in [5.74, 6) is 0.686. The maximum Gasteiger partial charge on any atom is 0.234 e. The van der Waals surface area contributed by atoms with Gasteiger partial charge in [-0.15, -0.1) is 0 Å². The molecule has 1 aliphatic rings. The number of carbonyl (C=O) groups is 1. The molecule has 1 aliphatic heterocycles. The van der Waals surface area contributed by atoms with Gasteiger partial charge in [-0.1, -0.05) is 48.0 Å². The van der Waals surface area contributed by atoms with Crippen LogP contribution >= 0.6 is 11.6 Å². The van der Waals surface area contributed by atoms with Crippen LogP contribution < -0.4 is 10.1 Å². The van der Waals surface area contributed by atoms with E-state index in [1.807, 2.05) is 30.3 Å². The van der Waals surface area contributed by atoms with Crippen LogP contribution in [-0.4, -0.2) is 54.3 Å². The third kappa shape index (κ3) is 7.35. The fourth-order valence-corrected chi connectivity index (χ4v) is 3.74. The summed E-state index contributed by atoms with van der Waals surface area (Å²) >= 11 is 5.98. The predicted octanol–water partition coefficient (Wildman–Crippen LogP) is 3.29. The summed E-state index contributed by atoms with van der Waals surface area (Å²) < 4.78 is 5.76. The number of hydrogen-bond acceptors (Lipinski definition) is 4. The Bertz CT molecular complexity index is 787. The van der Waals surface area contributed by atoms with E-state index in [1.165, 1.54) is 5.56 Å². The molecule has 3 rings (SSSR count). The molecule has 0 aliphatic carbocycles. The van der Waals surface area contributed by atoms with Crippen LogP contribution in [0.15, 0.2) is 54.6 Å². The molecule has 2 aromatic rings. The first-order chi connectivity index (χ1) is 14.0. The quantitative estimate of drug-likeness (QED) is 0.693. The number of nitrogens with zero attached hydrogens (tertiary/aromatic N) is 1. The second-order valence-electron chi connectivity index (χ2n) is 7.69. The molecule has 156 valence electrons. The maximum absolute atomic E-state index is 12.3. The van der Waals surface area contributed by atoms with Gasteiger partial charge in [-0.25, -0.2) is 0 Å². The van der Waals surface area contributed by atoms with E-state index >= 15 is 0 Å². The largest absolute Gasteiger partial charge is 0.491 e. The fraction of sp³-hybridized carbons (Fsp3) is 0.435. The lowest BCUT2D eigenvalue weighted by Gasteiger charge is -2.27. The Kier molecular flexibility index (Phi) is 7.92. The van der Waals surface area contributed by atoms with Gasteiger partial charge in [0.2, 0.25) is 5.91 Å². The number of hydrogen-bond donors (Lipinski definition) is 2. The molecule has 1 saturated heterocycles. The number of nitrogens with one attached hydrogen (secondary N) is 1. The SMILES string of the molecule is O=C(CN1CCCC(O)(COc2cccc(Cl)c2)CC1)NCCc1ccccc1. The van der Waals surface area contributed by atoms with Crippen LogP contribution in [0.5, 0.6) is 5.75 Å². The Balaban J connectivity index is 1.39. The Morgan fingerprint density at radius 3 is 2.76 bits per heavy atom. The lowest BCUT2D eigenvalue weighted by molar-refractivity contribution is -0.122. The van der Waals surface area contributed by atoms with Gasteiger partial charge >= 0.3 is 0 Å². The maximum atomic E-state index is 12.3. The van der Waals surface area contributed by atoms with Gasteiger partial charge in [0, 0.05) is 18.1 Å². The van der Waals surface area contributed by atoms with E-state index in [-0.39, 0.29) is 12.5 Å². The van der Waals surface area contributed by atoms with Gasteiger partial charge < -0.3 is 15.2 Å². The summed E-state index contributed by atoms with van der Waals surface area (Å²) in [4.78, 5) is 14.4. The van der Waals surface area contributed by atoms with Crippen molar-refractivity contribution in [2.24, 2.45) is 0 Å². The summed E-state index contributed by atoms with van der Waals surface area (Å²) in [6, 6.07) is 17.3. The highest BCUT2D eigenvalue weighted by atomic mass is 35.5. The molecule has 0 spiro atoms.